The van der Waals surface area contributed by atoms with Crippen LogP contribution in [0, 0.1) is 27.6 Å². The summed E-state index contributed by atoms with van der Waals surface area (Å²) in [5, 5.41) is 10.2. The second-order valence-corrected chi connectivity index (χ2v) is 11.8. The molecule has 0 aromatic rings. The van der Waals surface area contributed by atoms with E-state index in [0.717, 1.165) is 23.1 Å². The Kier molecular flexibility index (Phi) is 3.95. The normalized spacial score (nSPS) is 45.3. The quantitative estimate of drug-likeness (QED) is 0.435. The molecule has 2 fully saturated rings. The zero-order valence-corrected chi connectivity index (χ0v) is 19.5. The van der Waals surface area contributed by atoms with Crippen molar-refractivity contribution in [2.75, 3.05) is 0 Å². The van der Waals surface area contributed by atoms with Crippen molar-refractivity contribution in [2.24, 2.45) is 27.6 Å². The Morgan fingerprint density at radius 3 is 2.47 bits per heavy atom. The van der Waals surface area contributed by atoms with Crippen LogP contribution in [0.3, 0.4) is 0 Å². The van der Waals surface area contributed by atoms with Crippen molar-refractivity contribution < 1.29 is 9.90 Å². The van der Waals surface area contributed by atoms with Gasteiger partial charge in [0.05, 0.1) is 0 Å². The van der Waals surface area contributed by atoms with Gasteiger partial charge in [0.15, 0.2) is 5.76 Å². The molecule has 0 aromatic heterocycles. The van der Waals surface area contributed by atoms with Gasteiger partial charge in [-0.2, -0.15) is 0 Å². The average Bonchev–Trinajstić information content (AvgIpc) is 2.70. The van der Waals surface area contributed by atoms with Crippen LogP contribution in [-0.2, 0) is 4.79 Å². The fourth-order valence-corrected chi connectivity index (χ4v) is 8.10. The Bertz CT molecular complexity index is 1020. The molecule has 0 aromatic carbocycles. The van der Waals surface area contributed by atoms with Gasteiger partial charge in [-0.1, -0.05) is 57.1 Å². The van der Waals surface area contributed by atoms with E-state index in [9.17, 15) is 9.90 Å². The summed E-state index contributed by atoms with van der Waals surface area (Å²) in [4.78, 5) is 12.5. The van der Waals surface area contributed by atoms with E-state index in [1.807, 2.05) is 6.92 Å². The summed E-state index contributed by atoms with van der Waals surface area (Å²) in [6.45, 7) is 14.2. The zero-order chi connectivity index (χ0) is 21.7. The molecule has 0 heterocycles. The van der Waals surface area contributed by atoms with Gasteiger partial charge >= 0.3 is 0 Å². The summed E-state index contributed by atoms with van der Waals surface area (Å²) in [5.74, 6) is 0.386. The molecule has 0 amide bonds. The molecule has 0 spiro atoms. The summed E-state index contributed by atoms with van der Waals surface area (Å²) < 4.78 is 0. The van der Waals surface area contributed by atoms with Crippen LogP contribution in [0.5, 0.6) is 0 Å². The molecule has 5 aliphatic rings. The van der Waals surface area contributed by atoms with E-state index in [4.69, 9.17) is 0 Å². The third kappa shape index (κ3) is 2.23. The van der Waals surface area contributed by atoms with Crippen molar-refractivity contribution in [3.05, 3.63) is 57.9 Å². The van der Waals surface area contributed by atoms with Gasteiger partial charge in [-0.25, -0.2) is 0 Å². The number of rotatable bonds is 0. The van der Waals surface area contributed by atoms with E-state index >= 15 is 0 Å². The lowest BCUT2D eigenvalue weighted by atomic mass is 9.35. The minimum atomic E-state index is -0.232. The van der Waals surface area contributed by atoms with Crippen LogP contribution in [-0.4, -0.2) is 10.9 Å². The van der Waals surface area contributed by atoms with E-state index in [1.165, 1.54) is 37.7 Å². The van der Waals surface area contributed by atoms with E-state index in [2.05, 4.69) is 52.8 Å². The van der Waals surface area contributed by atoms with E-state index in [0.29, 0.717) is 11.3 Å². The van der Waals surface area contributed by atoms with Crippen molar-refractivity contribution in [1.82, 2.24) is 0 Å². The van der Waals surface area contributed by atoms with Gasteiger partial charge in [0, 0.05) is 11.0 Å². The number of allylic oxidation sites excluding steroid dienone is 9. The molecule has 160 valence electrons. The topological polar surface area (TPSA) is 37.3 Å². The average molecular weight is 405 g/mol. The van der Waals surface area contributed by atoms with Gasteiger partial charge < -0.3 is 5.11 Å². The maximum atomic E-state index is 12.5. The molecular weight excluding hydrogens is 368 g/mol. The Balaban J connectivity index is 1.67. The molecule has 2 saturated carbocycles. The van der Waals surface area contributed by atoms with Crippen LogP contribution < -0.4 is 0 Å². The van der Waals surface area contributed by atoms with E-state index in [1.54, 1.807) is 11.6 Å². The number of carbonyl (C=O) groups excluding carboxylic acids is 1. The maximum absolute atomic E-state index is 12.5. The lowest BCUT2D eigenvalue weighted by Crippen LogP contribution is -2.60. The van der Waals surface area contributed by atoms with Crippen molar-refractivity contribution in [3.8, 4) is 0 Å². The van der Waals surface area contributed by atoms with Crippen molar-refractivity contribution in [1.29, 1.82) is 0 Å². The lowest BCUT2D eigenvalue weighted by Gasteiger charge is -2.68. The van der Waals surface area contributed by atoms with Crippen LogP contribution in [0.2, 0.25) is 0 Å². The highest BCUT2D eigenvalue weighted by molar-refractivity contribution is 6.06. The molecule has 5 atom stereocenters. The number of aliphatic hydroxyl groups excluding tert-OH is 1. The molecule has 2 nitrogen and oxygen atoms in total. The smallest absolute Gasteiger partial charge is 0.220 e. The Labute approximate surface area is 181 Å². The number of aliphatic hydroxyl groups is 1. The zero-order valence-electron chi connectivity index (χ0n) is 19.5. The summed E-state index contributed by atoms with van der Waals surface area (Å²) in [7, 11) is 0. The van der Waals surface area contributed by atoms with Gasteiger partial charge in [-0.3, -0.25) is 4.79 Å². The Hall–Kier alpha value is -1.83. The maximum Gasteiger partial charge on any atom is 0.220 e. The predicted octanol–water partition coefficient (Wildman–Crippen LogP) is 7.16. The van der Waals surface area contributed by atoms with Gasteiger partial charge in [0.2, 0.25) is 5.78 Å². The van der Waals surface area contributed by atoms with Crippen LogP contribution in [0.4, 0.5) is 0 Å². The summed E-state index contributed by atoms with van der Waals surface area (Å²) in [6, 6.07) is 0. The Morgan fingerprint density at radius 2 is 1.73 bits per heavy atom. The molecule has 2 heteroatoms. The molecule has 0 unspecified atom stereocenters. The van der Waals surface area contributed by atoms with Crippen molar-refractivity contribution in [3.63, 3.8) is 0 Å². The van der Waals surface area contributed by atoms with Gasteiger partial charge in [0.1, 0.15) is 0 Å². The largest absolute Gasteiger partial charge is 0.504 e. The first-order valence-electron chi connectivity index (χ1n) is 11.7. The molecule has 0 radical (unpaired) electrons. The van der Waals surface area contributed by atoms with Gasteiger partial charge in [0.25, 0.3) is 0 Å². The molecule has 5 rings (SSSR count). The number of hydrogen-bond donors (Lipinski definition) is 1. The molecule has 1 N–H and O–H groups in total. The molecule has 0 saturated heterocycles. The highest BCUT2D eigenvalue weighted by Crippen LogP contribution is 2.74. The predicted molar refractivity (Wildman–Crippen MR) is 122 cm³/mol. The monoisotopic (exact) mass is 404 g/mol. The van der Waals surface area contributed by atoms with Crippen molar-refractivity contribution in [2.45, 2.75) is 80.1 Å². The van der Waals surface area contributed by atoms with Crippen LogP contribution >= 0.6 is 0 Å². The lowest BCUT2D eigenvalue weighted by molar-refractivity contribution is -0.126. The molecule has 5 aliphatic carbocycles. The van der Waals surface area contributed by atoms with Crippen LogP contribution in [0.1, 0.15) is 80.1 Å². The standard InChI is InChI=1S/C28H36O2/c1-17-9-10-25(3)11-13-27(5)22-8-7-19-18(2)24(30)21(29)16-20(19)26(22,4)12-14-28(27,6)23(25)15-17/h7-9,16,23,30H,10-15H2,1-6H3/t23-,25-,26+,27-,28+/m1/s1. The fourth-order valence-electron chi connectivity index (χ4n) is 8.10. The highest BCUT2D eigenvalue weighted by atomic mass is 16.3. The second-order valence-electron chi connectivity index (χ2n) is 11.8. The molecule has 30 heavy (non-hydrogen) atoms. The highest BCUT2D eigenvalue weighted by Gasteiger charge is 2.65. The summed E-state index contributed by atoms with van der Waals surface area (Å²) >= 11 is 0. The SMILES string of the molecule is CC1=CC[C@]2(C)CC[C@]3(C)C4=CC=C5C(=CC(=O)C(O)=C5C)[C@]4(C)CC[C@@]3(C)[C@@H]2C1. The molecule has 0 bridgehead atoms. The first-order valence-corrected chi connectivity index (χ1v) is 11.7. The first-order chi connectivity index (χ1) is 14.0. The third-order valence-electron chi connectivity index (χ3n) is 10.4. The van der Waals surface area contributed by atoms with Gasteiger partial charge in [-0.15, -0.1) is 0 Å². The van der Waals surface area contributed by atoms with Crippen LogP contribution in [0.15, 0.2) is 57.9 Å². The van der Waals surface area contributed by atoms with Gasteiger partial charge in [-0.05, 0) is 91.8 Å². The summed E-state index contributed by atoms with van der Waals surface area (Å²) in [6.07, 6.45) is 16.0. The fraction of sp³-hybridized carbons (Fsp3) is 0.607. The summed E-state index contributed by atoms with van der Waals surface area (Å²) in [5.41, 5.74) is 6.69. The van der Waals surface area contributed by atoms with Crippen LogP contribution in [0.25, 0.3) is 0 Å². The second kappa shape index (κ2) is 5.90. The number of carbonyl (C=O) groups is 1. The molecule has 0 aliphatic heterocycles. The van der Waals surface area contributed by atoms with E-state index < -0.39 is 0 Å². The third-order valence-corrected chi connectivity index (χ3v) is 10.4. The Morgan fingerprint density at radius 1 is 1.00 bits per heavy atom. The first kappa shape index (κ1) is 20.1. The van der Waals surface area contributed by atoms with Crippen molar-refractivity contribution >= 4 is 5.78 Å². The number of fused-ring (bicyclic) bond motifs is 7. The number of hydrogen-bond acceptors (Lipinski definition) is 2. The number of ketones is 1. The molecular formula is C28H36O2. The minimum Gasteiger partial charge on any atom is -0.504 e. The van der Waals surface area contributed by atoms with E-state index in [-0.39, 0.29) is 27.8 Å². The minimum absolute atomic E-state index is 0.0878.